The fraction of sp³-hybridized carbons (Fsp3) is 0.167. The van der Waals surface area contributed by atoms with Gasteiger partial charge in [0.05, 0.1) is 5.56 Å². The number of hydrogen-bond acceptors (Lipinski definition) is 3. The smallest absolute Gasteiger partial charge is 0.339 e. The van der Waals surface area contributed by atoms with Gasteiger partial charge in [-0.2, -0.15) is 0 Å². The van der Waals surface area contributed by atoms with Crippen LogP contribution in [0.2, 0.25) is 0 Å². The molecule has 0 aliphatic carbocycles. The Balaban J connectivity index is 1.55. The van der Waals surface area contributed by atoms with Crippen LogP contribution in [0.1, 0.15) is 43.5 Å². The Morgan fingerprint density at radius 2 is 1.86 bits per heavy atom. The Labute approximate surface area is 168 Å². The summed E-state index contributed by atoms with van der Waals surface area (Å²) in [6.45, 7) is 0.294. The lowest BCUT2D eigenvalue weighted by Crippen LogP contribution is -2.27. The van der Waals surface area contributed by atoms with Gasteiger partial charge < -0.3 is 9.64 Å². The Hall–Kier alpha value is -3.47. The van der Waals surface area contributed by atoms with Gasteiger partial charge in [-0.25, -0.2) is 9.18 Å². The third-order valence-corrected chi connectivity index (χ3v) is 5.05. The molecule has 29 heavy (non-hydrogen) atoms. The minimum absolute atomic E-state index is 0.188. The fourth-order valence-corrected chi connectivity index (χ4v) is 3.58. The molecule has 1 aliphatic rings. The van der Waals surface area contributed by atoms with E-state index in [-0.39, 0.29) is 23.8 Å². The average Bonchev–Trinajstić information content (AvgIpc) is 2.73. The molecular formula is C24H20FNO3. The zero-order valence-electron chi connectivity index (χ0n) is 16.0. The predicted octanol–water partition coefficient (Wildman–Crippen LogP) is 4.55. The number of rotatable bonds is 4. The third kappa shape index (κ3) is 4.04. The van der Waals surface area contributed by atoms with Crippen molar-refractivity contribution >= 4 is 11.9 Å². The maximum absolute atomic E-state index is 13.4. The summed E-state index contributed by atoms with van der Waals surface area (Å²) in [5.74, 6) is -0.901. The monoisotopic (exact) mass is 389 g/mol. The lowest BCUT2D eigenvalue weighted by Gasteiger charge is -2.26. The lowest BCUT2D eigenvalue weighted by molar-refractivity contribution is 0.0252. The number of cyclic esters (lactones) is 1. The molecule has 0 N–H and O–H groups in total. The summed E-state index contributed by atoms with van der Waals surface area (Å²) in [5, 5.41) is 0. The van der Waals surface area contributed by atoms with Crippen LogP contribution in [0.25, 0.3) is 0 Å². The number of carbonyl (C=O) groups excluding carboxylic acids is 2. The van der Waals surface area contributed by atoms with Crippen molar-refractivity contribution in [2.24, 2.45) is 0 Å². The predicted molar refractivity (Wildman–Crippen MR) is 107 cm³/mol. The topological polar surface area (TPSA) is 46.6 Å². The van der Waals surface area contributed by atoms with Crippen LogP contribution in [0, 0.1) is 5.82 Å². The molecular weight excluding hydrogens is 369 g/mol. The molecule has 5 heteroatoms. The highest BCUT2D eigenvalue weighted by molar-refractivity contribution is 5.97. The molecule has 0 saturated carbocycles. The van der Waals surface area contributed by atoms with Gasteiger partial charge in [-0.15, -0.1) is 0 Å². The summed E-state index contributed by atoms with van der Waals surface area (Å²) in [7, 11) is 1.67. The van der Waals surface area contributed by atoms with E-state index in [2.05, 4.69) is 0 Å². The first kappa shape index (κ1) is 18.9. The molecule has 1 amide bonds. The van der Waals surface area contributed by atoms with Crippen LogP contribution in [-0.4, -0.2) is 23.8 Å². The van der Waals surface area contributed by atoms with E-state index in [1.807, 2.05) is 30.3 Å². The molecule has 0 fully saturated rings. The Kier molecular flexibility index (Phi) is 5.12. The molecule has 0 spiro atoms. The van der Waals surface area contributed by atoms with Gasteiger partial charge in [0.15, 0.2) is 0 Å². The molecule has 0 aromatic heterocycles. The molecule has 3 aromatic carbocycles. The fourth-order valence-electron chi connectivity index (χ4n) is 3.58. The molecule has 0 unspecified atom stereocenters. The molecule has 146 valence electrons. The Bertz CT molecular complexity index is 1060. The molecule has 4 nitrogen and oxygen atoms in total. The molecule has 3 aromatic rings. The highest BCUT2D eigenvalue weighted by Gasteiger charge is 2.28. The number of amides is 1. The number of ether oxygens (including phenoxy) is 1. The van der Waals surface area contributed by atoms with Crippen LogP contribution in [0.4, 0.5) is 4.39 Å². The van der Waals surface area contributed by atoms with Crippen LogP contribution in [0.15, 0.2) is 72.8 Å². The number of carbonyl (C=O) groups is 2. The van der Waals surface area contributed by atoms with Gasteiger partial charge in [-0.1, -0.05) is 42.5 Å². The number of nitrogens with zero attached hydrogens (tertiary/aromatic N) is 1. The second-order valence-electron chi connectivity index (χ2n) is 7.17. The number of halogens is 1. The van der Waals surface area contributed by atoms with Crippen molar-refractivity contribution in [2.45, 2.75) is 19.1 Å². The molecule has 0 radical (unpaired) electrons. The van der Waals surface area contributed by atoms with Crippen LogP contribution in [0.5, 0.6) is 0 Å². The van der Waals surface area contributed by atoms with E-state index in [1.165, 1.54) is 17.0 Å². The SMILES string of the molecule is CN(Cc1cccc(F)c1)C(=O)c1ccc2c(c1)C[C@@H](c1ccccc1)OC2=O. The van der Waals surface area contributed by atoms with Gasteiger partial charge in [0.2, 0.25) is 0 Å². The van der Waals surface area contributed by atoms with E-state index >= 15 is 0 Å². The summed E-state index contributed by atoms with van der Waals surface area (Å²) in [5.41, 5.74) is 3.41. The summed E-state index contributed by atoms with van der Waals surface area (Å²) in [6.07, 6.45) is 0.145. The van der Waals surface area contributed by atoms with Crippen molar-refractivity contribution in [3.8, 4) is 0 Å². The normalized spacial score (nSPS) is 15.4. The van der Waals surface area contributed by atoms with Gasteiger partial charge in [0, 0.05) is 25.6 Å². The largest absolute Gasteiger partial charge is 0.454 e. The van der Waals surface area contributed by atoms with Crippen LogP contribution in [0.3, 0.4) is 0 Å². The molecule has 1 atom stereocenters. The highest BCUT2D eigenvalue weighted by Crippen LogP contribution is 2.31. The second kappa shape index (κ2) is 7.87. The van der Waals surface area contributed by atoms with Crippen LogP contribution < -0.4 is 0 Å². The van der Waals surface area contributed by atoms with E-state index < -0.39 is 0 Å². The van der Waals surface area contributed by atoms with Gasteiger partial charge in [0.1, 0.15) is 11.9 Å². The molecule has 4 rings (SSSR count). The van der Waals surface area contributed by atoms with Gasteiger partial charge in [-0.05, 0) is 47.0 Å². The molecule has 1 heterocycles. The van der Waals surface area contributed by atoms with Crippen molar-refractivity contribution in [2.75, 3.05) is 7.05 Å². The Morgan fingerprint density at radius 1 is 1.07 bits per heavy atom. The first-order valence-corrected chi connectivity index (χ1v) is 9.40. The number of hydrogen-bond donors (Lipinski definition) is 0. The maximum atomic E-state index is 13.4. The highest BCUT2D eigenvalue weighted by atomic mass is 19.1. The number of benzene rings is 3. The minimum Gasteiger partial charge on any atom is -0.454 e. The average molecular weight is 389 g/mol. The maximum Gasteiger partial charge on any atom is 0.339 e. The third-order valence-electron chi connectivity index (χ3n) is 5.05. The molecule has 0 bridgehead atoms. The number of esters is 1. The first-order valence-electron chi connectivity index (χ1n) is 9.40. The first-order chi connectivity index (χ1) is 14.0. The van der Waals surface area contributed by atoms with E-state index in [1.54, 1.807) is 37.4 Å². The van der Waals surface area contributed by atoms with Crippen molar-refractivity contribution in [3.63, 3.8) is 0 Å². The summed E-state index contributed by atoms with van der Waals surface area (Å²) in [6, 6.07) is 20.8. The Morgan fingerprint density at radius 3 is 2.62 bits per heavy atom. The summed E-state index contributed by atoms with van der Waals surface area (Å²) >= 11 is 0. The quantitative estimate of drug-likeness (QED) is 0.615. The number of fused-ring (bicyclic) bond motifs is 1. The van der Waals surface area contributed by atoms with Crippen LogP contribution in [-0.2, 0) is 17.7 Å². The van der Waals surface area contributed by atoms with Crippen molar-refractivity contribution in [1.29, 1.82) is 0 Å². The van der Waals surface area contributed by atoms with Crippen molar-refractivity contribution < 1.29 is 18.7 Å². The van der Waals surface area contributed by atoms with Gasteiger partial charge in [0.25, 0.3) is 5.91 Å². The molecule has 0 saturated heterocycles. The van der Waals surface area contributed by atoms with Gasteiger partial charge in [-0.3, -0.25) is 4.79 Å². The second-order valence-corrected chi connectivity index (χ2v) is 7.17. The standard InChI is InChI=1S/C24H20FNO3/c1-26(15-16-6-5-9-20(25)12-16)23(27)18-10-11-21-19(13-18)14-22(29-24(21)28)17-7-3-2-4-8-17/h2-13,22H,14-15H2,1H3/t22-/m0/s1. The van der Waals surface area contributed by atoms with E-state index in [9.17, 15) is 14.0 Å². The zero-order chi connectivity index (χ0) is 20.4. The van der Waals surface area contributed by atoms with Crippen molar-refractivity contribution in [1.82, 2.24) is 4.90 Å². The minimum atomic E-state index is -0.382. The van der Waals surface area contributed by atoms with Gasteiger partial charge >= 0.3 is 5.97 Å². The van der Waals surface area contributed by atoms with E-state index in [0.717, 1.165) is 11.1 Å². The van der Waals surface area contributed by atoms with E-state index in [4.69, 9.17) is 4.74 Å². The van der Waals surface area contributed by atoms with Crippen molar-refractivity contribution in [3.05, 3.63) is 106 Å². The van der Waals surface area contributed by atoms with Crippen LogP contribution >= 0.6 is 0 Å². The van der Waals surface area contributed by atoms with E-state index in [0.29, 0.717) is 29.7 Å². The summed E-state index contributed by atoms with van der Waals surface area (Å²) in [4.78, 5) is 26.8. The molecule has 1 aliphatic heterocycles. The lowest BCUT2D eigenvalue weighted by atomic mass is 9.93. The zero-order valence-corrected chi connectivity index (χ0v) is 16.0. The summed E-state index contributed by atoms with van der Waals surface area (Å²) < 4.78 is 19.0.